The predicted octanol–water partition coefficient (Wildman–Crippen LogP) is 5.01. The Morgan fingerprint density at radius 1 is 0.938 bits per heavy atom. The molecule has 3 aromatic rings. The molecule has 0 aliphatic heterocycles. The van der Waals surface area contributed by atoms with E-state index in [1.807, 2.05) is 92.7 Å². The zero-order valence-corrected chi connectivity index (χ0v) is 18.5. The van der Waals surface area contributed by atoms with Crippen molar-refractivity contribution in [3.63, 3.8) is 0 Å². The number of ether oxygens (including phenoxy) is 2. The molecule has 0 aliphatic carbocycles. The highest BCUT2D eigenvalue weighted by Crippen LogP contribution is 2.18. The van der Waals surface area contributed by atoms with E-state index >= 15 is 0 Å². The summed E-state index contributed by atoms with van der Waals surface area (Å²) in [6.07, 6.45) is 2.22. The fourth-order valence-corrected chi connectivity index (χ4v) is 3.07. The largest absolute Gasteiger partial charge is 0.494 e. The highest BCUT2D eigenvalue weighted by atomic mass is 16.5. The second-order valence-electron chi connectivity index (χ2n) is 7.11. The Morgan fingerprint density at radius 3 is 2.38 bits per heavy atom. The van der Waals surface area contributed by atoms with E-state index in [-0.39, 0.29) is 5.91 Å². The van der Waals surface area contributed by atoms with E-state index in [9.17, 15) is 4.79 Å². The monoisotopic (exact) mass is 431 g/mol. The van der Waals surface area contributed by atoms with Crippen LogP contribution in [0.5, 0.6) is 11.5 Å². The molecule has 0 aromatic heterocycles. The summed E-state index contributed by atoms with van der Waals surface area (Å²) < 4.78 is 11.4. The van der Waals surface area contributed by atoms with Crippen molar-refractivity contribution in [1.29, 1.82) is 0 Å². The van der Waals surface area contributed by atoms with Crippen molar-refractivity contribution in [2.75, 3.05) is 11.9 Å². The van der Waals surface area contributed by atoms with Gasteiger partial charge in [0.1, 0.15) is 24.1 Å². The molecule has 0 fully saturated rings. The van der Waals surface area contributed by atoms with Gasteiger partial charge in [-0.3, -0.25) is 4.79 Å². The molecule has 0 spiro atoms. The maximum atomic E-state index is 12.6. The van der Waals surface area contributed by atoms with E-state index in [1.165, 1.54) is 0 Å². The fourth-order valence-electron chi connectivity index (χ4n) is 3.07. The van der Waals surface area contributed by atoms with Crippen LogP contribution in [0.2, 0.25) is 0 Å². The molecule has 0 bridgehead atoms. The first-order chi connectivity index (χ1) is 15.7. The maximum absolute atomic E-state index is 12.6. The molecule has 1 amide bonds. The smallest absolute Gasteiger partial charge is 0.262 e. The number of rotatable bonds is 11. The topological polar surface area (TPSA) is 72.0 Å². The molecule has 0 unspecified atom stereocenters. The minimum Gasteiger partial charge on any atom is -0.494 e. The van der Waals surface area contributed by atoms with Crippen molar-refractivity contribution in [3.8, 4) is 11.5 Å². The standard InChI is InChI=1S/C26H29N3O3/c1-3-24(28-22-14-16-23(17-15-22)31-4-2)26(30)29-27-18-21-12-8-9-13-25(21)32-19-20-10-6-5-7-11-20/h5-18,24,28H,3-4,19H2,1-2H3,(H,29,30)/b27-18+/t24-/m0/s1. The van der Waals surface area contributed by atoms with Gasteiger partial charge in [0.2, 0.25) is 0 Å². The number of hydrogen-bond acceptors (Lipinski definition) is 5. The third kappa shape index (κ3) is 6.87. The van der Waals surface area contributed by atoms with Crippen LogP contribution in [0.3, 0.4) is 0 Å². The Labute approximate surface area is 189 Å². The molecule has 3 aromatic carbocycles. The number of amides is 1. The summed E-state index contributed by atoms with van der Waals surface area (Å²) in [7, 11) is 0. The summed E-state index contributed by atoms with van der Waals surface area (Å²) in [4.78, 5) is 12.6. The van der Waals surface area contributed by atoms with E-state index in [1.54, 1.807) is 6.21 Å². The summed E-state index contributed by atoms with van der Waals surface area (Å²) in [5.74, 6) is 1.29. The Balaban J connectivity index is 1.56. The normalized spacial score (nSPS) is 11.7. The van der Waals surface area contributed by atoms with Crippen LogP contribution in [0, 0.1) is 0 Å². The average molecular weight is 432 g/mol. The molecule has 0 aliphatic rings. The van der Waals surface area contributed by atoms with Gasteiger partial charge in [0, 0.05) is 11.3 Å². The number of nitrogens with zero attached hydrogens (tertiary/aromatic N) is 1. The predicted molar refractivity (Wildman–Crippen MR) is 128 cm³/mol. The Kier molecular flexibility index (Phi) is 8.69. The molecule has 2 N–H and O–H groups in total. The Bertz CT molecular complexity index is 1000. The summed E-state index contributed by atoms with van der Waals surface area (Å²) >= 11 is 0. The number of nitrogens with one attached hydrogen (secondary N) is 2. The lowest BCUT2D eigenvalue weighted by Gasteiger charge is -2.16. The molecule has 1 atom stereocenters. The van der Waals surface area contributed by atoms with Gasteiger partial charge < -0.3 is 14.8 Å². The van der Waals surface area contributed by atoms with E-state index in [2.05, 4.69) is 15.8 Å². The van der Waals surface area contributed by atoms with E-state index in [4.69, 9.17) is 9.47 Å². The fraction of sp³-hybridized carbons (Fsp3) is 0.231. The van der Waals surface area contributed by atoms with Gasteiger partial charge in [-0.1, -0.05) is 49.4 Å². The molecule has 0 heterocycles. The number of hydrogen-bond donors (Lipinski definition) is 2. The second-order valence-corrected chi connectivity index (χ2v) is 7.11. The minimum atomic E-state index is -0.408. The molecule has 32 heavy (non-hydrogen) atoms. The zero-order chi connectivity index (χ0) is 22.6. The van der Waals surface area contributed by atoms with Crippen LogP contribution in [-0.2, 0) is 11.4 Å². The first-order valence-corrected chi connectivity index (χ1v) is 10.8. The maximum Gasteiger partial charge on any atom is 0.262 e. The minimum absolute atomic E-state index is 0.208. The first-order valence-electron chi connectivity index (χ1n) is 10.8. The number of para-hydroxylation sites is 1. The summed E-state index contributed by atoms with van der Waals surface area (Å²) in [5.41, 5.74) is 5.34. The van der Waals surface area contributed by atoms with Crippen molar-refractivity contribution in [2.45, 2.75) is 32.9 Å². The van der Waals surface area contributed by atoms with Gasteiger partial charge in [0.25, 0.3) is 5.91 Å². The van der Waals surface area contributed by atoms with Crippen molar-refractivity contribution in [3.05, 3.63) is 90.0 Å². The highest BCUT2D eigenvalue weighted by molar-refractivity contribution is 5.88. The molecule has 0 radical (unpaired) electrons. The summed E-state index contributed by atoms with van der Waals surface area (Å²) in [5, 5.41) is 7.37. The SMILES string of the molecule is CCOc1ccc(N[C@@H](CC)C(=O)N/N=C/c2ccccc2OCc2ccccc2)cc1. The lowest BCUT2D eigenvalue weighted by atomic mass is 10.2. The van der Waals surface area contributed by atoms with Crippen molar-refractivity contribution < 1.29 is 14.3 Å². The number of benzene rings is 3. The third-order valence-electron chi connectivity index (χ3n) is 4.77. The second kappa shape index (κ2) is 12.2. The highest BCUT2D eigenvalue weighted by Gasteiger charge is 2.15. The molecular formula is C26H29N3O3. The van der Waals surface area contributed by atoms with Gasteiger partial charge in [-0.05, 0) is 55.3 Å². The van der Waals surface area contributed by atoms with E-state index in [0.29, 0.717) is 25.4 Å². The Morgan fingerprint density at radius 2 is 1.66 bits per heavy atom. The first kappa shape index (κ1) is 22.9. The molecule has 3 rings (SSSR count). The molecular weight excluding hydrogens is 402 g/mol. The third-order valence-corrected chi connectivity index (χ3v) is 4.77. The van der Waals surface area contributed by atoms with E-state index in [0.717, 1.165) is 22.6 Å². The van der Waals surface area contributed by atoms with Crippen LogP contribution in [-0.4, -0.2) is 24.8 Å². The van der Waals surface area contributed by atoms with E-state index < -0.39 is 6.04 Å². The van der Waals surface area contributed by atoms with Gasteiger partial charge in [0.05, 0.1) is 12.8 Å². The van der Waals surface area contributed by atoms with Crippen molar-refractivity contribution in [2.24, 2.45) is 5.10 Å². The average Bonchev–Trinajstić information content (AvgIpc) is 2.83. The molecule has 0 saturated carbocycles. The van der Waals surface area contributed by atoms with Crippen LogP contribution in [0.1, 0.15) is 31.4 Å². The van der Waals surface area contributed by atoms with Crippen LogP contribution in [0.15, 0.2) is 84.0 Å². The number of anilines is 1. The Hall–Kier alpha value is -3.80. The van der Waals surface area contributed by atoms with Gasteiger partial charge >= 0.3 is 0 Å². The van der Waals surface area contributed by atoms with Gasteiger partial charge in [-0.25, -0.2) is 5.43 Å². The number of carbonyl (C=O) groups is 1. The zero-order valence-electron chi connectivity index (χ0n) is 18.5. The van der Waals surface area contributed by atoms with Crippen LogP contribution >= 0.6 is 0 Å². The number of carbonyl (C=O) groups excluding carboxylic acids is 1. The summed E-state index contributed by atoms with van der Waals surface area (Å²) in [6, 6.07) is 24.7. The molecule has 0 saturated heterocycles. The van der Waals surface area contributed by atoms with Crippen LogP contribution in [0.4, 0.5) is 5.69 Å². The molecule has 166 valence electrons. The van der Waals surface area contributed by atoms with Crippen LogP contribution in [0.25, 0.3) is 0 Å². The number of hydrazone groups is 1. The quantitative estimate of drug-likeness (QED) is 0.331. The van der Waals surface area contributed by atoms with Crippen molar-refractivity contribution in [1.82, 2.24) is 5.43 Å². The lowest BCUT2D eigenvalue weighted by Crippen LogP contribution is -2.36. The van der Waals surface area contributed by atoms with Crippen molar-refractivity contribution >= 4 is 17.8 Å². The van der Waals surface area contributed by atoms with Gasteiger partial charge in [-0.15, -0.1) is 0 Å². The molecule has 6 heteroatoms. The van der Waals surface area contributed by atoms with Crippen LogP contribution < -0.4 is 20.2 Å². The molecule has 6 nitrogen and oxygen atoms in total. The van der Waals surface area contributed by atoms with Gasteiger partial charge in [0.15, 0.2) is 0 Å². The summed E-state index contributed by atoms with van der Waals surface area (Å²) in [6.45, 7) is 4.97. The lowest BCUT2D eigenvalue weighted by molar-refractivity contribution is -0.121. The van der Waals surface area contributed by atoms with Gasteiger partial charge in [-0.2, -0.15) is 5.10 Å².